The number of aliphatic hydroxyl groups is 1. The van der Waals surface area contributed by atoms with Gasteiger partial charge in [-0.05, 0) is 25.1 Å². The average molecular weight is 322 g/mol. The van der Waals surface area contributed by atoms with Gasteiger partial charge in [-0.3, -0.25) is 14.5 Å². The summed E-state index contributed by atoms with van der Waals surface area (Å²) in [7, 11) is 1.49. The molecule has 2 rings (SSSR count). The SMILES string of the molecule is COc1cc(C(C)=O)ccc1OC[C@H](O)CN1CCNC(=O)C1. The number of benzene rings is 1. The van der Waals surface area contributed by atoms with E-state index in [1.54, 1.807) is 18.2 Å². The van der Waals surface area contributed by atoms with Crippen LogP contribution in [0.3, 0.4) is 0 Å². The average Bonchev–Trinajstić information content (AvgIpc) is 2.52. The second-order valence-corrected chi connectivity index (χ2v) is 5.47. The summed E-state index contributed by atoms with van der Waals surface area (Å²) in [5.41, 5.74) is 0.536. The summed E-state index contributed by atoms with van der Waals surface area (Å²) in [6.45, 7) is 3.50. The molecule has 0 aromatic heterocycles. The number of hydrogen-bond donors (Lipinski definition) is 2. The number of rotatable bonds is 7. The van der Waals surface area contributed by atoms with Crippen molar-refractivity contribution in [2.75, 3.05) is 39.9 Å². The first-order valence-corrected chi connectivity index (χ1v) is 7.48. The van der Waals surface area contributed by atoms with Crippen LogP contribution in [0.1, 0.15) is 17.3 Å². The normalized spacial score (nSPS) is 16.6. The number of ketones is 1. The molecule has 1 atom stereocenters. The molecule has 1 aromatic carbocycles. The van der Waals surface area contributed by atoms with E-state index in [-0.39, 0.29) is 24.8 Å². The largest absolute Gasteiger partial charge is 0.493 e. The van der Waals surface area contributed by atoms with E-state index >= 15 is 0 Å². The standard InChI is InChI=1S/C16H22N2O5/c1-11(19)12-3-4-14(15(7-12)22-2)23-10-13(20)8-18-6-5-17-16(21)9-18/h3-4,7,13,20H,5-6,8-10H2,1-2H3,(H,17,21)/t13-/m1/s1. The van der Waals surface area contributed by atoms with Crippen LogP contribution in [0, 0.1) is 0 Å². The Morgan fingerprint density at radius 1 is 1.43 bits per heavy atom. The number of amides is 1. The van der Waals surface area contributed by atoms with Crippen LogP contribution in [0.4, 0.5) is 0 Å². The molecule has 0 saturated carbocycles. The fraction of sp³-hybridized carbons (Fsp3) is 0.500. The van der Waals surface area contributed by atoms with Crippen molar-refractivity contribution in [2.45, 2.75) is 13.0 Å². The summed E-state index contributed by atoms with van der Waals surface area (Å²) in [5, 5.41) is 12.8. The highest BCUT2D eigenvalue weighted by molar-refractivity contribution is 5.94. The number of hydrogen-bond acceptors (Lipinski definition) is 6. The summed E-state index contributed by atoms with van der Waals surface area (Å²) in [5.74, 6) is 0.819. The lowest BCUT2D eigenvalue weighted by atomic mass is 10.1. The minimum Gasteiger partial charge on any atom is -0.493 e. The Hall–Kier alpha value is -2.12. The van der Waals surface area contributed by atoms with E-state index in [1.807, 2.05) is 4.90 Å². The molecule has 0 unspecified atom stereocenters. The number of Topliss-reactive ketones (excluding diaryl/α,β-unsaturated/α-hetero) is 1. The van der Waals surface area contributed by atoms with Crippen LogP contribution in [0.2, 0.25) is 0 Å². The van der Waals surface area contributed by atoms with Gasteiger partial charge in [-0.15, -0.1) is 0 Å². The number of piperazine rings is 1. The zero-order valence-electron chi connectivity index (χ0n) is 13.4. The summed E-state index contributed by atoms with van der Waals surface area (Å²) in [6, 6.07) is 4.91. The highest BCUT2D eigenvalue weighted by Crippen LogP contribution is 2.28. The van der Waals surface area contributed by atoms with Crippen molar-refractivity contribution in [3.8, 4) is 11.5 Å². The van der Waals surface area contributed by atoms with E-state index in [9.17, 15) is 14.7 Å². The molecule has 23 heavy (non-hydrogen) atoms. The fourth-order valence-electron chi connectivity index (χ4n) is 2.39. The highest BCUT2D eigenvalue weighted by Gasteiger charge is 2.19. The van der Waals surface area contributed by atoms with Crippen LogP contribution >= 0.6 is 0 Å². The Kier molecular flexibility index (Phi) is 5.95. The summed E-state index contributed by atoms with van der Waals surface area (Å²) >= 11 is 0. The van der Waals surface area contributed by atoms with E-state index < -0.39 is 6.10 Å². The van der Waals surface area contributed by atoms with E-state index in [0.29, 0.717) is 36.7 Å². The van der Waals surface area contributed by atoms with E-state index in [2.05, 4.69) is 5.32 Å². The van der Waals surface area contributed by atoms with Gasteiger partial charge in [-0.25, -0.2) is 0 Å². The minimum atomic E-state index is -0.724. The van der Waals surface area contributed by atoms with Crippen LogP contribution in [0.25, 0.3) is 0 Å². The van der Waals surface area contributed by atoms with Crippen molar-refractivity contribution in [1.29, 1.82) is 0 Å². The first kappa shape index (κ1) is 17.2. The summed E-state index contributed by atoms with van der Waals surface area (Å²) in [6.07, 6.45) is -0.724. The number of aliphatic hydroxyl groups excluding tert-OH is 1. The van der Waals surface area contributed by atoms with Gasteiger partial charge in [0.1, 0.15) is 12.7 Å². The second kappa shape index (κ2) is 7.94. The van der Waals surface area contributed by atoms with Gasteiger partial charge in [0, 0.05) is 25.2 Å². The molecule has 7 heteroatoms. The predicted molar refractivity (Wildman–Crippen MR) is 84.0 cm³/mol. The Morgan fingerprint density at radius 2 is 2.22 bits per heavy atom. The topological polar surface area (TPSA) is 88.1 Å². The van der Waals surface area contributed by atoms with Crippen molar-refractivity contribution < 1.29 is 24.2 Å². The summed E-state index contributed by atoms with van der Waals surface area (Å²) < 4.78 is 10.8. The maximum absolute atomic E-state index is 11.4. The van der Waals surface area contributed by atoms with Gasteiger partial charge >= 0.3 is 0 Å². The quantitative estimate of drug-likeness (QED) is 0.691. The molecule has 1 aromatic rings. The van der Waals surface area contributed by atoms with Crippen molar-refractivity contribution in [2.24, 2.45) is 0 Å². The Bertz CT molecular complexity index is 576. The number of methoxy groups -OCH3 is 1. The van der Waals surface area contributed by atoms with Crippen molar-refractivity contribution in [3.05, 3.63) is 23.8 Å². The van der Waals surface area contributed by atoms with Gasteiger partial charge in [0.05, 0.1) is 13.7 Å². The molecule has 7 nitrogen and oxygen atoms in total. The lowest BCUT2D eigenvalue weighted by Crippen LogP contribution is -2.50. The monoisotopic (exact) mass is 322 g/mol. The molecule has 0 radical (unpaired) electrons. The Morgan fingerprint density at radius 3 is 2.87 bits per heavy atom. The molecule has 1 heterocycles. The van der Waals surface area contributed by atoms with Gasteiger partial charge in [0.15, 0.2) is 17.3 Å². The molecule has 126 valence electrons. The fourth-order valence-corrected chi connectivity index (χ4v) is 2.39. The van der Waals surface area contributed by atoms with Crippen LogP contribution in [0.15, 0.2) is 18.2 Å². The number of ether oxygens (including phenoxy) is 2. The molecule has 0 spiro atoms. The maximum Gasteiger partial charge on any atom is 0.234 e. The third-order valence-electron chi connectivity index (χ3n) is 3.59. The molecule has 1 aliphatic rings. The molecule has 2 N–H and O–H groups in total. The van der Waals surface area contributed by atoms with Gasteiger partial charge in [0.25, 0.3) is 0 Å². The zero-order chi connectivity index (χ0) is 16.8. The van der Waals surface area contributed by atoms with Gasteiger partial charge in [-0.2, -0.15) is 0 Å². The predicted octanol–water partition coefficient (Wildman–Crippen LogP) is 0.0693. The Labute approximate surface area is 135 Å². The molecule has 1 amide bonds. The van der Waals surface area contributed by atoms with Crippen molar-refractivity contribution in [1.82, 2.24) is 10.2 Å². The smallest absolute Gasteiger partial charge is 0.234 e. The molecule has 0 aliphatic carbocycles. The molecule has 0 bridgehead atoms. The van der Waals surface area contributed by atoms with Crippen molar-refractivity contribution in [3.63, 3.8) is 0 Å². The number of nitrogens with zero attached hydrogens (tertiary/aromatic N) is 1. The number of carbonyl (C=O) groups excluding carboxylic acids is 2. The van der Waals surface area contributed by atoms with Crippen LogP contribution < -0.4 is 14.8 Å². The molecule has 1 fully saturated rings. The first-order chi connectivity index (χ1) is 11.0. The lowest BCUT2D eigenvalue weighted by molar-refractivity contribution is -0.124. The third-order valence-corrected chi connectivity index (χ3v) is 3.59. The summed E-state index contributed by atoms with van der Waals surface area (Å²) in [4.78, 5) is 24.5. The second-order valence-electron chi connectivity index (χ2n) is 5.47. The van der Waals surface area contributed by atoms with Crippen LogP contribution in [0.5, 0.6) is 11.5 Å². The van der Waals surface area contributed by atoms with Gasteiger partial charge < -0.3 is 19.9 Å². The van der Waals surface area contributed by atoms with Crippen LogP contribution in [-0.2, 0) is 4.79 Å². The van der Waals surface area contributed by atoms with Crippen LogP contribution in [-0.4, -0.2) is 67.7 Å². The van der Waals surface area contributed by atoms with Crippen molar-refractivity contribution >= 4 is 11.7 Å². The van der Waals surface area contributed by atoms with Gasteiger partial charge in [0.2, 0.25) is 5.91 Å². The highest BCUT2D eigenvalue weighted by atomic mass is 16.5. The molecule has 1 aliphatic heterocycles. The van der Waals surface area contributed by atoms with E-state index in [0.717, 1.165) is 0 Å². The molecular formula is C16H22N2O5. The zero-order valence-corrected chi connectivity index (χ0v) is 13.4. The van der Waals surface area contributed by atoms with E-state index in [1.165, 1.54) is 14.0 Å². The third kappa shape index (κ3) is 4.94. The van der Waals surface area contributed by atoms with Gasteiger partial charge in [-0.1, -0.05) is 0 Å². The minimum absolute atomic E-state index is 0.0362. The lowest BCUT2D eigenvalue weighted by Gasteiger charge is -2.28. The van der Waals surface area contributed by atoms with E-state index in [4.69, 9.17) is 9.47 Å². The first-order valence-electron chi connectivity index (χ1n) is 7.48. The molecular weight excluding hydrogens is 300 g/mol. The number of carbonyl (C=O) groups is 2. The maximum atomic E-state index is 11.4. The number of β-amino-alcohol motifs (C(OH)–C–C–N with tert-alkyl or cyclic N) is 1. The Balaban J connectivity index is 1.89. The number of nitrogens with one attached hydrogen (secondary N) is 1. The molecule has 1 saturated heterocycles.